The van der Waals surface area contributed by atoms with Crippen molar-refractivity contribution >= 4 is 24.0 Å². The number of methoxy groups -OCH3 is 1. The third-order valence-electron chi connectivity index (χ3n) is 3.53. The predicted molar refractivity (Wildman–Crippen MR) is 94.7 cm³/mol. The van der Waals surface area contributed by atoms with Crippen molar-refractivity contribution in [1.82, 2.24) is 0 Å². The predicted octanol–water partition coefficient (Wildman–Crippen LogP) is 4.01. The number of nitrogens with zero attached hydrogens (tertiary/aromatic N) is 1. The number of esters is 1. The second-order valence-corrected chi connectivity index (χ2v) is 5.39. The first kappa shape index (κ1) is 15.7. The highest BCUT2D eigenvalue weighted by Gasteiger charge is 2.21. The minimum Gasteiger partial charge on any atom is -0.497 e. The molecule has 0 amide bonds. The van der Waals surface area contributed by atoms with Crippen molar-refractivity contribution in [3.63, 3.8) is 0 Å². The molecule has 0 aromatic heterocycles. The zero-order chi connectivity index (χ0) is 16.9. The average Bonchev–Trinajstić information content (AvgIpc) is 2.94. The van der Waals surface area contributed by atoms with Gasteiger partial charge in [0, 0.05) is 6.08 Å². The molecule has 4 heteroatoms. The van der Waals surface area contributed by atoms with Gasteiger partial charge in [-0.25, -0.2) is 9.79 Å². The Morgan fingerprint density at radius 1 is 1.04 bits per heavy atom. The highest BCUT2D eigenvalue weighted by Crippen LogP contribution is 2.19. The molecule has 4 nitrogen and oxygen atoms in total. The van der Waals surface area contributed by atoms with Crippen LogP contribution in [-0.2, 0) is 9.53 Å². The summed E-state index contributed by atoms with van der Waals surface area (Å²) in [5.41, 5.74) is 3.31. The maximum atomic E-state index is 11.9. The van der Waals surface area contributed by atoms with E-state index in [1.54, 1.807) is 19.3 Å². The van der Waals surface area contributed by atoms with Crippen LogP contribution in [0.15, 0.2) is 65.3 Å². The summed E-state index contributed by atoms with van der Waals surface area (Å²) in [6.07, 6.45) is 5.23. The van der Waals surface area contributed by atoms with Crippen molar-refractivity contribution in [2.45, 2.75) is 6.92 Å². The van der Waals surface area contributed by atoms with E-state index < -0.39 is 5.97 Å². The molecule has 0 saturated heterocycles. The van der Waals surface area contributed by atoms with Gasteiger partial charge in [-0.05, 0) is 42.3 Å². The van der Waals surface area contributed by atoms with Crippen molar-refractivity contribution < 1.29 is 14.3 Å². The van der Waals surface area contributed by atoms with Gasteiger partial charge in [-0.3, -0.25) is 0 Å². The largest absolute Gasteiger partial charge is 0.497 e. The monoisotopic (exact) mass is 319 g/mol. The van der Waals surface area contributed by atoms with E-state index in [1.807, 2.05) is 61.5 Å². The lowest BCUT2D eigenvalue weighted by Gasteiger charge is -2.00. The van der Waals surface area contributed by atoms with Crippen LogP contribution in [-0.4, -0.2) is 19.0 Å². The molecule has 0 spiro atoms. The Hall–Kier alpha value is -3.14. The number of cyclic esters (lactones) is 1. The molecule has 120 valence electrons. The van der Waals surface area contributed by atoms with E-state index in [-0.39, 0.29) is 11.6 Å². The third kappa shape index (κ3) is 3.79. The molecule has 0 atom stereocenters. The van der Waals surface area contributed by atoms with Crippen LogP contribution in [0.25, 0.3) is 12.2 Å². The quantitative estimate of drug-likeness (QED) is 0.632. The van der Waals surface area contributed by atoms with Gasteiger partial charge in [0.05, 0.1) is 7.11 Å². The molecule has 0 fully saturated rings. The first-order valence-electron chi connectivity index (χ1n) is 7.55. The first-order valence-corrected chi connectivity index (χ1v) is 7.55. The Labute approximate surface area is 140 Å². The maximum absolute atomic E-state index is 11.9. The Kier molecular flexibility index (Phi) is 4.57. The summed E-state index contributed by atoms with van der Waals surface area (Å²) in [5, 5.41) is 0. The fraction of sp³-hybridized carbons (Fsp3) is 0.100. The first-order chi connectivity index (χ1) is 11.6. The van der Waals surface area contributed by atoms with Crippen LogP contribution in [0.4, 0.5) is 0 Å². The molecule has 2 aromatic carbocycles. The summed E-state index contributed by atoms with van der Waals surface area (Å²) in [6, 6.07) is 15.4. The summed E-state index contributed by atoms with van der Waals surface area (Å²) in [6.45, 7) is 2.03. The lowest BCUT2D eigenvalue weighted by Crippen LogP contribution is -2.01. The number of carbonyl (C=O) groups is 1. The normalized spacial score (nSPS) is 15.7. The van der Waals surface area contributed by atoms with Crippen LogP contribution in [0.5, 0.6) is 5.75 Å². The van der Waals surface area contributed by atoms with Crippen LogP contribution >= 0.6 is 0 Å². The van der Waals surface area contributed by atoms with Gasteiger partial charge in [-0.2, -0.15) is 0 Å². The summed E-state index contributed by atoms with van der Waals surface area (Å²) in [4.78, 5) is 16.2. The highest BCUT2D eigenvalue weighted by molar-refractivity contribution is 6.11. The van der Waals surface area contributed by atoms with Crippen molar-refractivity contribution in [3.8, 4) is 5.75 Å². The number of aliphatic imine (C=N–C) groups is 1. The number of benzene rings is 2. The smallest absolute Gasteiger partial charge is 0.363 e. The molecule has 3 rings (SSSR count). The van der Waals surface area contributed by atoms with Crippen LogP contribution in [0.2, 0.25) is 0 Å². The molecule has 1 aliphatic rings. The summed E-state index contributed by atoms with van der Waals surface area (Å²) < 4.78 is 10.3. The second kappa shape index (κ2) is 6.96. The topological polar surface area (TPSA) is 47.9 Å². The zero-order valence-corrected chi connectivity index (χ0v) is 13.5. The number of carbonyl (C=O) groups excluding carboxylic acids is 1. The van der Waals surface area contributed by atoms with E-state index in [0.29, 0.717) is 0 Å². The van der Waals surface area contributed by atoms with Gasteiger partial charge in [0.25, 0.3) is 0 Å². The van der Waals surface area contributed by atoms with Crippen LogP contribution in [0.3, 0.4) is 0 Å². The van der Waals surface area contributed by atoms with Gasteiger partial charge in [0.1, 0.15) is 5.75 Å². The zero-order valence-electron chi connectivity index (χ0n) is 13.5. The van der Waals surface area contributed by atoms with Gasteiger partial charge >= 0.3 is 5.97 Å². The molecular formula is C20H17NO3. The minimum atomic E-state index is -0.457. The van der Waals surface area contributed by atoms with E-state index in [4.69, 9.17) is 9.47 Å². The van der Waals surface area contributed by atoms with E-state index in [0.717, 1.165) is 16.9 Å². The minimum absolute atomic E-state index is 0.270. The summed E-state index contributed by atoms with van der Waals surface area (Å²) in [5.74, 6) is 0.551. The molecule has 1 aliphatic heterocycles. The molecule has 0 aliphatic carbocycles. The maximum Gasteiger partial charge on any atom is 0.363 e. The van der Waals surface area contributed by atoms with Gasteiger partial charge in [0.2, 0.25) is 5.90 Å². The molecule has 0 unspecified atom stereocenters. The van der Waals surface area contributed by atoms with Crippen molar-refractivity contribution in [2.24, 2.45) is 4.99 Å². The Balaban J connectivity index is 1.79. The Bertz CT molecular complexity index is 845. The number of aryl methyl sites for hydroxylation is 1. The lowest BCUT2D eigenvalue weighted by atomic mass is 10.1. The van der Waals surface area contributed by atoms with Gasteiger partial charge < -0.3 is 9.47 Å². The van der Waals surface area contributed by atoms with Crippen molar-refractivity contribution in [3.05, 3.63) is 77.0 Å². The average molecular weight is 319 g/mol. The summed E-state index contributed by atoms with van der Waals surface area (Å²) >= 11 is 0. The van der Waals surface area contributed by atoms with Crippen LogP contribution in [0.1, 0.15) is 16.7 Å². The van der Waals surface area contributed by atoms with E-state index in [1.165, 1.54) is 5.56 Å². The van der Waals surface area contributed by atoms with E-state index in [2.05, 4.69) is 4.99 Å². The lowest BCUT2D eigenvalue weighted by molar-refractivity contribution is -0.129. The molecule has 24 heavy (non-hydrogen) atoms. The standard InChI is InChI=1S/C20H17NO3/c1-14-6-8-15(9-7-14)10-11-19-21-18(20(22)24-19)13-16-4-3-5-17(12-16)23-2/h3-13H,1-2H3/b11-10+,18-13-. The van der Waals surface area contributed by atoms with Crippen LogP contribution < -0.4 is 4.74 Å². The van der Waals surface area contributed by atoms with Gasteiger partial charge in [-0.15, -0.1) is 0 Å². The molecule has 2 aromatic rings. The Morgan fingerprint density at radius 2 is 1.83 bits per heavy atom. The molecule has 1 heterocycles. The molecule has 0 radical (unpaired) electrons. The molecule has 0 saturated carbocycles. The molecule has 0 N–H and O–H groups in total. The molecular weight excluding hydrogens is 302 g/mol. The number of hydrogen-bond acceptors (Lipinski definition) is 4. The van der Waals surface area contributed by atoms with Gasteiger partial charge in [-0.1, -0.05) is 42.0 Å². The van der Waals surface area contributed by atoms with E-state index in [9.17, 15) is 4.79 Å². The Morgan fingerprint density at radius 3 is 2.58 bits per heavy atom. The van der Waals surface area contributed by atoms with E-state index >= 15 is 0 Å². The summed E-state index contributed by atoms with van der Waals surface area (Å²) in [7, 11) is 1.60. The van der Waals surface area contributed by atoms with Crippen LogP contribution in [0, 0.1) is 6.92 Å². The SMILES string of the molecule is COc1cccc(/C=C2N=C(/C=C/c3ccc(C)cc3)OC\2=O)c1. The van der Waals surface area contributed by atoms with Gasteiger partial charge in [0.15, 0.2) is 5.70 Å². The van der Waals surface area contributed by atoms with Crippen molar-refractivity contribution in [2.75, 3.05) is 7.11 Å². The fourth-order valence-electron chi connectivity index (χ4n) is 2.23. The number of ether oxygens (including phenoxy) is 2. The number of hydrogen-bond donors (Lipinski definition) is 0. The number of rotatable bonds is 4. The van der Waals surface area contributed by atoms with Crippen molar-refractivity contribution in [1.29, 1.82) is 0 Å². The fourth-order valence-corrected chi connectivity index (χ4v) is 2.23. The third-order valence-corrected chi connectivity index (χ3v) is 3.53. The second-order valence-electron chi connectivity index (χ2n) is 5.39. The highest BCUT2D eigenvalue weighted by atomic mass is 16.6. The molecule has 0 bridgehead atoms.